The number of halogens is 1. The number of rotatable bonds is 11. The molecule has 4 rings (SSSR count). The molecule has 2 aromatic rings. The quantitative estimate of drug-likeness (QED) is 0.311. The molecule has 9 nitrogen and oxygen atoms in total. The second-order valence-electron chi connectivity index (χ2n) is 9.94. The summed E-state index contributed by atoms with van der Waals surface area (Å²) in [4.78, 5) is 16.6. The lowest BCUT2D eigenvalue weighted by molar-refractivity contribution is 0.154. The molecule has 1 aromatic carbocycles. The van der Waals surface area contributed by atoms with Gasteiger partial charge in [-0.2, -0.15) is 4.98 Å². The number of anilines is 4. The van der Waals surface area contributed by atoms with E-state index in [-0.39, 0.29) is 5.82 Å². The van der Waals surface area contributed by atoms with Gasteiger partial charge in [0.05, 0.1) is 12.3 Å². The molecule has 0 radical (unpaired) electrons. The molecule has 2 aliphatic heterocycles. The van der Waals surface area contributed by atoms with Crippen molar-refractivity contribution in [3.63, 3.8) is 0 Å². The molecule has 0 bridgehead atoms. The summed E-state index contributed by atoms with van der Waals surface area (Å²) in [5.74, 6) is 0.931. The van der Waals surface area contributed by atoms with Gasteiger partial charge in [0, 0.05) is 58.1 Å². The van der Waals surface area contributed by atoms with E-state index in [0.29, 0.717) is 55.5 Å². The van der Waals surface area contributed by atoms with Crippen LogP contribution in [-0.2, 0) is 4.74 Å². The molecule has 0 aliphatic carbocycles. The highest BCUT2D eigenvalue weighted by atomic mass is 19.1. The Morgan fingerprint density at radius 1 is 1.19 bits per heavy atom. The first kappa shape index (κ1) is 27.2. The first-order chi connectivity index (χ1) is 17.9. The number of likely N-dealkylation sites (N-methyl/N-ethyl adjacent to an activating group) is 1. The molecule has 37 heavy (non-hydrogen) atoms. The standard InChI is InChI=1S/C27H41FN8O/c1-4-37-17-16-34(3)25-24(23(29)19-35-13-6-5-7-14-35)32-27(36-15-12-30-20(2)18-36)33-26(25)31-22-10-8-21(28)9-11-22/h8-11,20,29-30H,4-7,12-19H2,1-3H3,(H,31,32,33)/t20-/m0/s1. The monoisotopic (exact) mass is 512 g/mol. The van der Waals surface area contributed by atoms with Crippen LogP contribution in [0.4, 0.5) is 27.5 Å². The zero-order valence-electron chi connectivity index (χ0n) is 22.4. The predicted molar refractivity (Wildman–Crippen MR) is 148 cm³/mol. The van der Waals surface area contributed by atoms with Crippen LogP contribution in [-0.4, -0.2) is 92.7 Å². The van der Waals surface area contributed by atoms with E-state index in [0.717, 1.165) is 44.1 Å². The minimum Gasteiger partial charge on any atom is -0.380 e. The van der Waals surface area contributed by atoms with Crippen molar-refractivity contribution in [2.45, 2.75) is 39.2 Å². The summed E-state index contributed by atoms with van der Waals surface area (Å²) in [7, 11) is 1.98. The van der Waals surface area contributed by atoms with E-state index >= 15 is 0 Å². The van der Waals surface area contributed by atoms with Crippen LogP contribution in [0, 0.1) is 11.2 Å². The third-order valence-electron chi connectivity index (χ3n) is 6.90. The van der Waals surface area contributed by atoms with Crippen molar-refractivity contribution in [1.29, 1.82) is 5.41 Å². The lowest BCUT2D eigenvalue weighted by atomic mass is 10.1. The number of likely N-dealkylation sites (tertiary alicyclic amines) is 1. The Hall–Kier alpha value is -2.82. The second-order valence-corrected chi connectivity index (χ2v) is 9.94. The van der Waals surface area contributed by atoms with Crippen LogP contribution in [0.15, 0.2) is 24.3 Å². The Kier molecular flexibility index (Phi) is 9.65. The van der Waals surface area contributed by atoms with E-state index in [9.17, 15) is 9.80 Å². The molecule has 0 unspecified atom stereocenters. The Labute approximate surface area is 219 Å². The van der Waals surface area contributed by atoms with Crippen LogP contribution in [0.3, 0.4) is 0 Å². The highest BCUT2D eigenvalue weighted by Crippen LogP contribution is 2.32. The zero-order chi connectivity index (χ0) is 26.2. The number of hydrogen-bond donors (Lipinski definition) is 3. The van der Waals surface area contributed by atoms with Crippen LogP contribution >= 0.6 is 0 Å². The Morgan fingerprint density at radius 2 is 1.95 bits per heavy atom. The summed E-state index contributed by atoms with van der Waals surface area (Å²) in [5, 5.41) is 16.0. The van der Waals surface area contributed by atoms with Gasteiger partial charge in [-0.05, 0) is 64.0 Å². The largest absolute Gasteiger partial charge is 0.380 e. The number of ether oxygens (including phenoxy) is 1. The molecule has 3 N–H and O–H groups in total. The topological polar surface area (TPSA) is 92.6 Å². The number of piperidine rings is 1. The molecule has 2 saturated heterocycles. The summed E-state index contributed by atoms with van der Waals surface area (Å²) in [6.07, 6.45) is 3.58. The Morgan fingerprint density at radius 3 is 2.65 bits per heavy atom. The Balaban J connectivity index is 1.75. The average Bonchev–Trinajstić information content (AvgIpc) is 2.90. The average molecular weight is 513 g/mol. The van der Waals surface area contributed by atoms with E-state index in [1.807, 2.05) is 14.0 Å². The molecule has 1 aromatic heterocycles. The number of benzene rings is 1. The lowest BCUT2D eigenvalue weighted by Crippen LogP contribution is -2.50. The van der Waals surface area contributed by atoms with Gasteiger partial charge >= 0.3 is 0 Å². The maximum atomic E-state index is 13.6. The zero-order valence-corrected chi connectivity index (χ0v) is 22.4. The molecule has 1 atom stereocenters. The molecule has 0 amide bonds. The highest BCUT2D eigenvalue weighted by Gasteiger charge is 2.26. The molecule has 3 heterocycles. The molecule has 2 aliphatic rings. The summed E-state index contributed by atoms with van der Waals surface area (Å²) < 4.78 is 19.2. The van der Waals surface area contributed by atoms with E-state index < -0.39 is 0 Å². The van der Waals surface area contributed by atoms with E-state index in [1.54, 1.807) is 12.1 Å². The fraction of sp³-hybridized carbons (Fsp3) is 0.593. The van der Waals surface area contributed by atoms with Crippen molar-refractivity contribution >= 4 is 28.9 Å². The summed E-state index contributed by atoms with van der Waals surface area (Å²) in [6, 6.07) is 6.58. The molecule has 202 valence electrons. The first-order valence-electron chi connectivity index (χ1n) is 13.5. The fourth-order valence-electron chi connectivity index (χ4n) is 4.90. The van der Waals surface area contributed by atoms with Gasteiger partial charge in [0.2, 0.25) is 5.95 Å². The van der Waals surface area contributed by atoms with E-state index in [2.05, 4.69) is 32.3 Å². The van der Waals surface area contributed by atoms with Crippen molar-refractivity contribution < 1.29 is 9.13 Å². The number of aromatic nitrogens is 2. The van der Waals surface area contributed by atoms with Crippen molar-refractivity contribution in [2.75, 3.05) is 81.2 Å². The van der Waals surface area contributed by atoms with Gasteiger partial charge in [-0.1, -0.05) is 6.42 Å². The van der Waals surface area contributed by atoms with Gasteiger partial charge in [0.1, 0.15) is 17.2 Å². The molecular weight excluding hydrogens is 471 g/mol. The van der Waals surface area contributed by atoms with Crippen LogP contribution in [0.5, 0.6) is 0 Å². The maximum absolute atomic E-state index is 13.6. The van der Waals surface area contributed by atoms with Crippen molar-refractivity contribution in [2.24, 2.45) is 0 Å². The van der Waals surface area contributed by atoms with Crippen LogP contribution in [0.25, 0.3) is 0 Å². The minimum absolute atomic E-state index is 0.290. The molecular formula is C27H41FN8O. The van der Waals surface area contributed by atoms with Crippen molar-refractivity contribution in [3.8, 4) is 0 Å². The van der Waals surface area contributed by atoms with Gasteiger partial charge in [0.15, 0.2) is 5.82 Å². The molecule has 10 heteroatoms. The van der Waals surface area contributed by atoms with Gasteiger partial charge in [-0.25, -0.2) is 9.37 Å². The lowest BCUT2D eigenvalue weighted by Gasteiger charge is -2.34. The summed E-state index contributed by atoms with van der Waals surface area (Å²) in [5.41, 5.74) is 2.60. The third-order valence-corrected chi connectivity index (χ3v) is 6.90. The van der Waals surface area contributed by atoms with Crippen LogP contribution < -0.4 is 20.4 Å². The number of nitrogens with one attached hydrogen (secondary N) is 3. The smallest absolute Gasteiger partial charge is 0.228 e. The van der Waals surface area contributed by atoms with Crippen molar-refractivity contribution in [3.05, 3.63) is 35.8 Å². The summed E-state index contributed by atoms with van der Waals surface area (Å²) in [6.45, 7) is 10.9. The highest BCUT2D eigenvalue weighted by molar-refractivity contribution is 6.05. The predicted octanol–water partition coefficient (Wildman–Crippen LogP) is 3.48. The SMILES string of the molecule is CCOCCN(C)c1c(Nc2ccc(F)cc2)nc(N2CCN[C@@H](C)C2)nc1C(=N)CN1CCCCC1. The number of hydrogen-bond acceptors (Lipinski definition) is 9. The molecule has 2 fully saturated rings. The minimum atomic E-state index is -0.290. The molecule has 0 saturated carbocycles. The normalized spacial score (nSPS) is 18.6. The molecule has 0 spiro atoms. The maximum Gasteiger partial charge on any atom is 0.228 e. The number of piperazine rings is 1. The summed E-state index contributed by atoms with van der Waals surface area (Å²) >= 11 is 0. The first-order valence-corrected chi connectivity index (χ1v) is 13.5. The van der Waals surface area contributed by atoms with Crippen LogP contribution in [0.1, 0.15) is 38.8 Å². The fourth-order valence-corrected chi connectivity index (χ4v) is 4.90. The van der Waals surface area contributed by atoms with E-state index in [4.69, 9.17) is 14.7 Å². The number of nitrogens with zero attached hydrogens (tertiary/aromatic N) is 5. The third kappa shape index (κ3) is 7.37. The van der Waals surface area contributed by atoms with Crippen LogP contribution in [0.2, 0.25) is 0 Å². The second kappa shape index (κ2) is 13.1. The van der Waals surface area contributed by atoms with E-state index in [1.165, 1.54) is 31.4 Å². The Bertz CT molecular complexity index is 1030. The van der Waals surface area contributed by atoms with Crippen molar-refractivity contribution in [1.82, 2.24) is 20.2 Å². The van der Waals surface area contributed by atoms with Gasteiger partial charge in [-0.15, -0.1) is 0 Å². The van der Waals surface area contributed by atoms with Gasteiger partial charge in [0.25, 0.3) is 0 Å². The van der Waals surface area contributed by atoms with Gasteiger partial charge < -0.3 is 30.6 Å². The van der Waals surface area contributed by atoms with Gasteiger partial charge in [-0.3, -0.25) is 4.90 Å².